The van der Waals surface area contributed by atoms with E-state index in [1.54, 1.807) is 0 Å². The molecule has 0 saturated carbocycles. The van der Waals surface area contributed by atoms with Crippen LogP contribution in [0.25, 0.3) is 0 Å². The van der Waals surface area contributed by atoms with Crippen molar-refractivity contribution in [3.05, 3.63) is 10.8 Å². The largest absolute Gasteiger partial charge is 0.512 e. The molecule has 1 aromatic heterocycles. The van der Waals surface area contributed by atoms with Gasteiger partial charge in [0, 0.05) is 5.92 Å². The van der Waals surface area contributed by atoms with Gasteiger partial charge in [-0.3, -0.25) is 9.69 Å². The monoisotopic (exact) mass is 341 g/mol. The van der Waals surface area contributed by atoms with Crippen molar-refractivity contribution in [2.45, 2.75) is 22.8 Å². The smallest absolute Gasteiger partial charge is 0.449 e. The van der Waals surface area contributed by atoms with Crippen LogP contribution in [0.2, 0.25) is 0 Å². The first kappa shape index (κ1) is 13.8. The minimum atomic E-state index is -1.44. The highest BCUT2D eigenvalue weighted by molar-refractivity contribution is 8.04. The van der Waals surface area contributed by atoms with Crippen molar-refractivity contribution in [3.8, 4) is 0 Å². The summed E-state index contributed by atoms with van der Waals surface area (Å²) >= 11 is 2.49. The van der Waals surface area contributed by atoms with Gasteiger partial charge in [-0.1, -0.05) is 23.1 Å². The number of β-lactam (4-membered cyclic amide) rings is 1. The third kappa shape index (κ3) is 1.89. The first-order valence-corrected chi connectivity index (χ1v) is 8.18. The van der Waals surface area contributed by atoms with Gasteiger partial charge in [-0.15, -0.1) is 10.2 Å². The van der Waals surface area contributed by atoms with Gasteiger partial charge >= 0.3 is 6.16 Å². The van der Waals surface area contributed by atoms with Crippen LogP contribution in [0.3, 0.4) is 0 Å². The number of piperidine rings is 1. The van der Waals surface area contributed by atoms with Gasteiger partial charge in [0.15, 0.2) is 4.34 Å². The fourth-order valence-electron chi connectivity index (χ4n) is 3.15. The van der Waals surface area contributed by atoms with Crippen molar-refractivity contribution in [2.24, 2.45) is 5.92 Å². The highest BCUT2D eigenvalue weighted by Crippen LogP contribution is 2.52. The predicted octanol–water partition coefficient (Wildman–Crippen LogP) is 0.279. The van der Waals surface area contributed by atoms with Gasteiger partial charge in [0.25, 0.3) is 0 Å². The Hall–Kier alpha value is -1.85. The minimum Gasteiger partial charge on any atom is -0.449 e. The third-order valence-electron chi connectivity index (χ3n) is 3.94. The van der Waals surface area contributed by atoms with Crippen LogP contribution >= 0.6 is 23.1 Å². The zero-order valence-electron chi connectivity index (χ0n) is 11.1. The van der Waals surface area contributed by atoms with Gasteiger partial charge in [-0.25, -0.2) is 4.79 Å². The maximum absolute atomic E-state index is 12.1. The van der Waals surface area contributed by atoms with Crippen LogP contribution in [0.4, 0.5) is 9.93 Å². The number of nitrogen functional groups attached to an aromatic ring is 1. The van der Waals surface area contributed by atoms with Gasteiger partial charge in [0.1, 0.15) is 6.04 Å². The molecule has 1 unspecified atom stereocenters. The van der Waals surface area contributed by atoms with Crippen molar-refractivity contribution in [3.63, 3.8) is 0 Å². The molecule has 2 fully saturated rings. The Bertz CT molecular complexity index is 704. The number of hydrogen-bond donors (Lipinski definition) is 3. The lowest BCUT2D eigenvalue weighted by Gasteiger charge is -2.48. The van der Waals surface area contributed by atoms with Crippen molar-refractivity contribution < 1.29 is 19.4 Å². The summed E-state index contributed by atoms with van der Waals surface area (Å²) in [5.41, 5.74) is 5.57. The summed E-state index contributed by atoms with van der Waals surface area (Å²) < 4.78 is 5.49. The maximum atomic E-state index is 12.1. The molecule has 0 bridgehead atoms. The maximum Gasteiger partial charge on any atom is 0.512 e. The molecule has 4 rings (SSSR count). The van der Waals surface area contributed by atoms with E-state index in [1.165, 1.54) is 28.0 Å². The van der Waals surface area contributed by atoms with Gasteiger partial charge < -0.3 is 20.9 Å². The standard InChI is InChI=1S/C11H11N5O4S2/c12-9-14-15-10(22-9)21-6-3-1-2-13-4-5(3)16(7(4)17)8(6)20-11(18)19/h3-5,13H,1-2H2,(H2,12,14)(H,18,19)/t3?,4-,5+/m0/s1. The fourth-order valence-corrected chi connectivity index (χ4v) is 5.09. The van der Waals surface area contributed by atoms with E-state index in [0.29, 0.717) is 20.9 Å². The number of rotatable bonds is 3. The van der Waals surface area contributed by atoms with E-state index in [1.807, 2.05) is 0 Å². The number of nitrogens with two attached hydrogens (primary N) is 1. The van der Waals surface area contributed by atoms with Crippen LogP contribution in [0.1, 0.15) is 6.42 Å². The van der Waals surface area contributed by atoms with Crippen LogP contribution in [-0.4, -0.2) is 50.9 Å². The number of aromatic nitrogens is 2. The van der Waals surface area contributed by atoms with E-state index < -0.39 is 6.16 Å². The average molecular weight is 341 g/mol. The first-order valence-electron chi connectivity index (χ1n) is 6.54. The molecule has 4 N–H and O–H groups in total. The van der Waals surface area contributed by atoms with E-state index in [-0.39, 0.29) is 29.8 Å². The quantitative estimate of drug-likeness (QED) is 0.524. The zero-order valence-corrected chi connectivity index (χ0v) is 12.7. The average Bonchev–Trinajstić information content (AvgIpc) is 3.00. The Kier molecular flexibility index (Phi) is 3.03. The fraction of sp³-hybridized carbons (Fsp3) is 0.455. The van der Waals surface area contributed by atoms with Crippen LogP contribution in [0.15, 0.2) is 15.1 Å². The second-order valence-corrected chi connectivity index (χ2v) is 7.37. The summed E-state index contributed by atoms with van der Waals surface area (Å²) in [6.07, 6.45) is -0.638. The van der Waals surface area contributed by atoms with Crippen LogP contribution in [-0.2, 0) is 9.53 Å². The molecule has 4 heterocycles. The highest BCUT2D eigenvalue weighted by Gasteiger charge is 2.61. The molecule has 9 nitrogen and oxygen atoms in total. The van der Waals surface area contributed by atoms with Crippen LogP contribution in [0.5, 0.6) is 0 Å². The molecule has 0 spiro atoms. The molecule has 0 radical (unpaired) electrons. The molecule has 2 saturated heterocycles. The molecule has 0 aliphatic carbocycles. The Morgan fingerprint density at radius 2 is 2.36 bits per heavy atom. The lowest BCUT2D eigenvalue weighted by molar-refractivity contribution is -0.152. The zero-order chi connectivity index (χ0) is 15.4. The molecule has 1 aromatic rings. The van der Waals surface area contributed by atoms with Crippen molar-refractivity contribution in [1.82, 2.24) is 20.4 Å². The summed E-state index contributed by atoms with van der Waals surface area (Å²) in [6, 6.07) is -0.341. The van der Waals surface area contributed by atoms with E-state index in [9.17, 15) is 9.59 Å². The number of hydrogen-bond acceptors (Lipinski definition) is 9. The van der Waals surface area contributed by atoms with Gasteiger partial charge in [-0.2, -0.15) is 0 Å². The Balaban J connectivity index is 1.72. The van der Waals surface area contributed by atoms with Crippen molar-refractivity contribution in [1.29, 1.82) is 0 Å². The van der Waals surface area contributed by atoms with Crippen LogP contribution < -0.4 is 11.1 Å². The molecule has 3 aliphatic heterocycles. The van der Waals surface area contributed by atoms with Gasteiger partial charge in [0.05, 0.1) is 10.9 Å². The number of nitrogens with zero attached hydrogens (tertiary/aromatic N) is 3. The minimum absolute atomic E-state index is 0.0495. The molecular formula is C11H11N5O4S2. The predicted molar refractivity (Wildman–Crippen MR) is 76.8 cm³/mol. The molecule has 3 aliphatic rings. The highest BCUT2D eigenvalue weighted by atomic mass is 32.2. The van der Waals surface area contributed by atoms with E-state index in [0.717, 1.165) is 6.42 Å². The molecule has 22 heavy (non-hydrogen) atoms. The summed E-state index contributed by atoms with van der Waals surface area (Å²) in [6.45, 7) is 0.702. The lowest BCUT2D eigenvalue weighted by atomic mass is 9.82. The number of amides is 1. The molecular weight excluding hydrogens is 330 g/mol. The summed E-state index contributed by atoms with van der Waals surface area (Å²) in [5, 5.41) is 20.1. The number of carboxylic acid groups (broad SMARTS) is 1. The second kappa shape index (κ2) is 4.83. The van der Waals surface area contributed by atoms with Crippen molar-refractivity contribution >= 4 is 40.3 Å². The molecule has 11 heteroatoms. The SMILES string of the molecule is Nc1nnc(SC2=C(OC(=O)O)N3C(=O)[C@H]4NCCC2[C@H]43)s1. The molecule has 116 valence electrons. The number of nitrogens with one attached hydrogen (secondary N) is 1. The number of thioether (sulfide) groups is 1. The van der Waals surface area contributed by atoms with Crippen molar-refractivity contribution in [2.75, 3.05) is 12.3 Å². The second-order valence-electron chi connectivity index (χ2n) is 5.07. The Morgan fingerprint density at radius 1 is 1.55 bits per heavy atom. The summed E-state index contributed by atoms with van der Waals surface area (Å²) in [5.74, 6) is -0.00188. The topological polar surface area (TPSA) is 131 Å². The number of ether oxygens (including phenoxy) is 1. The van der Waals surface area contributed by atoms with Gasteiger partial charge in [-0.05, 0) is 13.0 Å². The Labute approximate surface area is 132 Å². The number of carbonyl (C=O) groups is 2. The summed E-state index contributed by atoms with van der Waals surface area (Å²) in [4.78, 5) is 25.3. The summed E-state index contributed by atoms with van der Waals surface area (Å²) in [7, 11) is 0. The third-order valence-corrected chi connectivity index (χ3v) is 5.95. The van der Waals surface area contributed by atoms with E-state index in [2.05, 4.69) is 15.5 Å². The molecule has 3 atom stereocenters. The first-order chi connectivity index (χ1) is 10.6. The van der Waals surface area contributed by atoms with Crippen LogP contribution in [0, 0.1) is 5.92 Å². The Morgan fingerprint density at radius 3 is 3.05 bits per heavy atom. The number of carbonyl (C=O) groups excluding carboxylic acids is 1. The van der Waals surface area contributed by atoms with E-state index in [4.69, 9.17) is 15.6 Å². The van der Waals surface area contributed by atoms with E-state index >= 15 is 0 Å². The molecule has 1 amide bonds. The molecule has 0 aromatic carbocycles. The normalized spacial score (nSPS) is 29.4. The lowest BCUT2D eigenvalue weighted by Crippen LogP contribution is -2.71. The van der Waals surface area contributed by atoms with Gasteiger partial charge in [0.2, 0.25) is 16.9 Å². The number of anilines is 1.